The summed E-state index contributed by atoms with van der Waals surface area (Å²) in [5, 5.41) is 19.7. The Labute approximate surface area is 111 Å². The Kier molecular flexibility index (Phi) is 3.43. The SMILES string of the molecule is O=C(O)c1ccc([N+](=O)[O-])cc1-c1ccc(F)cc1F. The Hall–Kier alpha value is -2.83. The second kappa shape index (κ2) is 5.04. The standard InChI is InChI=1S/C13H7F2NO4/c14-7-1-3-9(12(15)5-7)11-6-8(16(19)20)2-4-10(11)13(17)18/h1-6H,(H,17,18). The quantitative estimate of drug-likeness (QED) is 0.690. The number of carboxylic acids is 1. The highest BCUT2D eigenvalue weighted by Crippen LogP contribution is 2.30. The first-order valence-corrected chi connectivity index (χ1v) is 5.37. The molecule has 0 aliphatic rings. The van der Waals surface area contributed by atoms with Crippen LogP contribution in [0.2, 0.25) is 0 Å². The van der Waals surface area contributed by atoms with E-state index in [2.05, 4.69) is 0 Å². The summed E-state index contributed by atoms with van der Waals surface area (Å²) in [5.74, 6) is -3.18. The van der Waals surface area contributed by atoms with Crippen molar-refractivity contribution in [3.05, 3.63) is 63.7 Å². The molecule has 20 heavy (non-hydrogen) atoms. The maximum Gasteiger partial charge on any atom is 0.336 e. The van der Waals surface area contributed by atoms with Crippen molar-refractivity contribution in [2.75, 3.05) is 0 Å². The first kappa shape index (κ1) is 13.6. The molecule has 0 aromatic heterocycles. The lowest BCUT2D eigenvalue weighted by atomic mass is 9.98. The second-order valence-corrected chi connectivity index (χ2v) is 3.92. The van der Waals surface area contributed by atoms with Crippen molar-refractivity contribution in [3.8, 4) is 11.1 Å². The largest absolute Gasteiger partial charge is 0.478 e. The van der Waals surface area contributed by atoms with Crippen LogP contribution in [-0.2, 0) is 0 Å². The van der Waals surface area contributed by atoms with Crippen LogP contribution in [0.4, 0.5) is 14.5 Å². The van der Waals surface area contributed by atoms with Gasteiger partial charge in [0.2, 0.25) is 0 Å². The van der Waals surface area contributed by atoms with Crippen molar-refractivity contribution in [1.82, 2.24) is 0 Å². The molecule has 0 radical (unpaired) electrons. The monoisotopic (exact) mass is 279 g/mol. The number of benzene rings is 2. The van der Waals surface area contributed by atoms with Gasteiger partial charge in [-0.3, -0.25) is 10.1 Å². The summed E-state index contributed by atoms with van der Waals surface area (Å²) in [4.78, 5) is 21.1. The fourth-order valence-electron chi connectivity index (χ4n) is 1.76. The van der Waals surface area contributed by atoms with Crippen molar-refractivity contribution in [2.45, 2.75) is 0 Å². The predicted octanol–water partition coefficient (Wildman–Crippen LogP) is 3.24. The number of nitro benzene ring substituents is 1. The summed E-state index contributed by atoms with van der Waals surface area (Å²) >= 11 is 0. The number of aromatic carboxylic acids is 1. The minimum Gasteiger partial charge on any atom is -0.478 e. The van der Waals surface area contributed by atoms with Crippen LogP contribution in [0.3, 0.4) is 0 Å². The number of rotatable bonds is 3. The highest BCUT2D eigenvalue weighted by molar-refractivity contribution is 5.96. The highest BCUT2D eigenvalue weighted by Gasteiger charge is 2.19. The Morgan fingerprint density at radius 3 is 2.35 bits per heavy atom. The number of non-ortho nitro benzene ring substituents is 1. The van der Waals surface area contributed by atoms with Crippen LogP contribution >= 0.6 is 0 Å². The van der Waals surface area contributed by atoms with Crippen molar-refractivity contribution < 1.29 is 23.6 Å². The molecule has 2 aromatic rings. The lowest BCUT2D eigenvalue weighted by molar-refractivity contribution is -0.384. The number of hydrogen-bond donors (Lipinski definition) is 1. The summed E-state index contributed by atoms with van der Waals surface area (Å²) in [7, 11) is 0. The Bertz CT molecular complexity index is 716. The molecule has 0 amide bonds. The van der Waals surface area contributed by atoms with E-state index in [1.165, 1.54) is 0 Å². The minimum atomic E-state index is -1.36. The molecule has 7 heteroatoms. The van der Waals surface area contributed by atoms with Crippen LogP contribution in [0.15, 0.2) is 36.4 Å². The molecule has 2 rings (SSSR count). The Balaban J connectivity index is 2.72. The number of carboxylic acid groups (broad SMARTS) is 1. The van der Waals surface area contributed by atoms with Gasteiger partial charge in [-0.2, -0.15) is 0 Å². The van der Waals surface area contributed by atoms with Gasteiger partial charge in [0.15, 0.2) is 0 Å². The molecule has 0 atom stereocenters. The van der Waals surface area contributed by atoms with E-state index >= 15 is 0 Å². The zero-order valence-corrected chi connectivity index (χ0v) is 9.84. The van der Waals surface area contributed by atoms with Gasteiger partial charge in [0.1, 0.15) is 11.6 Å². The zero-order chi connectivity index (χ0) is 14.9. The first-order valence-electron chi connectivity index (χ1n) is 5.37. The number of halogens is 2. The van der Waals surface area contributed by atoms with Gasteiger partial charge in [0.05, 0.1) is 10.5 Å². The van der Waals surface area contributed by atoms with E-state index in [4.69, 9.17) is 5.11 Å². The van der Waals surface area contributed by atoms with Gasteiger partial charge < -0.3 is 5.11 Å². The molecule has 102 valence electrons. The second-order valence-electron chi connectivity index (χ2n) is 3.92. The third kappa shape index (κ3) is 2.46. The van der Waals surface area contributed by atoms with E-state index < -0.39 is 22.5 Å². The lowest BCUT2D eigenvalue weighted by Gasteiger charge is -2.07. The summed E-state index contributed by atoms with van der Waals surface area (Å²) < 4.78 is 26.6. The third-order valence-corrected chi connectivity index (χ3v) is 2.67. The van der Waals surface area contributed by atoms with E-state index in [-0.39, 0.29) is 22.4 Å². The van der Waals surface area contributed by atoms with Gasteiger partial charge in [-0.15, -0.1) is 0 Å². The highest BCUT2D eigenvalue weighted by atomic mass is 19.1. The molecule has 0 heterocycles. The van der Waals surface area contributed by atoms with E-state index in [0.717, 1.165) is 30.3 Å². The van der Waals surface area contributed by atoms with E-state index in [1.807, 2.05) is 0 Å². The number of carbonyl (C=O) groups is 1. The van der Waals surface area contributed by atoms with Crippen molar-refractivity contribution in [2.24, 2.45) is 0 Å². The van der Waals surface area contributed by atoms with Gasteiger partial charge in [-0.05, 0) is 18.2 Å². The molecule has 0 unspecified atom stereocenters. The molecule has 0 saturated heterocycles. The van der Waals surface area contributed by atoms with Gasteiger partial charge in [-0.25, -0.2) is 13.6 Å². The average Bonchev–Trinajstić information content (AvgIpc) is 2.37. The van der Waals surface area contributed by atoms with E-state index in [1.54, 1.807) is 0 Å². The van der Waals surface area contributed by atoms with E-state index in [9.17, 15) is 23.7 Å². The Morgan fingerprint density at radius 1 is 1.10 bits per heavy atom. The van der Waals surface area contributed by atoms with Crippen LogP contribution in [-0.4, -0.2) is 16.0 Å². The molecular formula is C13H7F2NO4. The van der Waals surface area contributed by atoms with Crippen LogP contribution in [0.25, 0.3) is 11.1 Å². The molecule has 5 nitrogen and oxygen atoms in total. The van der Waals surface area contributed by atoms with Crippen molar-refractivity contribution in [1.29, 1.82) is 0 Å². The fourth-order valence-corrected chi connectivity index (χ4v) is 1.76. The normalized spacial score (nSPS) is 10.3. The summed E-state index contributed by atoms with van der Waals surface area (Å²) in [6, 6.07) is 5.53. The predicted molar refractivity (Wildman–Crippen MR) is 65.4 cm³/mol. The van der Waals surface area contributed by atoms with Crippen LogP contribution in [0, 0.1) is 21.7 Å². The minimum absolute atomic E-state index is 0.177. The summed E-state index contributed by atoms with van der Waals surface area (Å²) in [6.07, 6.45) is 0. The van der Waals surface area contributed by atoms with Gasteiger partial charge in [0, 0.05) is 29.3 Å². The average molecular weight is 279 g/mol. The van der Waals surface area contributed by atoms with Gasteiger partial charge in [-0.1, -0.05) is 0 Å². The number of nitrogens with zero attached hydrogens (tertiary/aromatic N) is 1. The maximum atomic E-state index is 13.7. The van der Waals surface area contributed by atoms with Crippen molar-refractivity contribution in [3.63, 3.8) is 0 Å². The molecule has 0 fully saturated rings. The maximum absolute atomic E-state index is 13.7. The smallest absolute Gasteiger partial charge is 0.336 e. The molecule has 0 bridgehead atoms. The summed E-state index contributed by atoms with van der Waals surface area (Å²) in [5.41, 5.74) is -1.08. The van der Waals surface area contributed by atoms with Crippen LogP contribution < -0.4 is 0 Å². The molecule has 1 N–H and O–H groups in total. The van der Waals surface area contributed by atoms with Gasteiger partial charge >= 0.3 is 5.97 Å². The molecule has 0 aliphatic heterocycles. The third-order valence-electron chi connectivity index (χ3n) is 2.67. The first-order chi connectivity index (χ1) is 9.40. The molecule has 0 spiro atoms. The molecule has 0 aliphatic carbocycles. The fraction of sp³-hybridized carbons (Fsp3) is 0. The lowest BCUT2D eigenvalue weighted by Crippen LogP contribution is -2.02. The van der Waals surface area contributed by atoms with Crippen LogP contribution in [0.5, 0.6) is 0 Å². The number of hydrogen-bond acceptors (Lipinski definition) is 3. The molecule has 0 saturated carbocycles. The van der Waals surface area contributed by atoms with Crippen molar-refractivity contribution >= 4 is 11.7 Å². The zero-order valence-electron chi connectivity index (χ0n) is 9.84. The van der Waals surface area contributed by atoms with Gasteiger partial charge in [0.25, 0.3) is 5.69 Å². The van der Waals surface area contributed by atoms with Crippen LogP contribution in [0.1, 0.15) is 10.4 Å². The molecule has 2 aromatic carbocycles. The number of nitro groups is 1. The topological polar surface area (TPSA) is 80.4 Å². The van der Waals surface area contributed by atoms with E-state index in [0.29, 0.717) is 6.07 Å². The Morgan fingerprint density at radius 2 is 1.80 bits per heavy atom. The summed E-state index contributed by atoms with van der Waals surface area (Å²) in [6.45, 7) is 0. The molecular weight excluding hydrogens is 272 g/mol.